The highest BCUT2D eigenvalue weighted by molar-refractivity contribution is 7.80. The van der Waals surface area contributed by atoms with E-state index in [0.29, 0.717) is 5.56 Å². The van der Waals surface area contributed by atoms with Crippen molar-refractivity contribution >= 4 is 64.4 Å². The second kappa shape index (κ2) is 8.93. The molecule has 0 bridgehead atoms. The molecule has 1 saturated heterocycles. The molecule has 9 nitrogen and oxygen atoms in total. The number of rotatable bonds is 5. The number of carbonyl (C=O) groups is 4. The predicted molar refractivity (Wildman–Crippen MR) is 126 cm³/mol. The third-order valence-corrected chi connectivity index (χ3v) is 5.46. The lowest BCUT2D eigenvalue weighted by Gasteiger charge is -2.28. The smallest absolute Gasteiger partial charge is 0.335 e. The summed E-state index contributed by atoms with van der Waals surface area (Å²) in [5.74, 6) is -3.52. The van der Waals surface area contributed by atoms with Crippen LogP contribution in [0.4, 0.5) is 5.69 Å². The maximum atomic E-state index is 13.1. The van der Waals surface area contributed by atoms with Crippen molar-refractivity contribution in [1.29, 1.82) is 0 Å². The zero-order chi connectivity index (χ0) is 24.6. The number of aromatic carboxylic acids is 2. The van der Waals surface area contributed by atoms with Gasteiger partial charge >= 0.3 is 11.9 Å². The van der Waals surface area contributed by atoms with Crippen molar-refractivity contribution in [3.8, 4) is 11.3 Å². The van der Waals surface area contributed by atoms with Gasteiger partial charge in [0.25, 0.3) is 11.8 Å². The van der Waals surface area contributed by atoms with E-state index in [2.05, 4.69) is 5.32 Å². The molecule has 11 heteroatoms. The van der Waals surface area contributed by atoms with Gasteiger partial charge in [-0.3, -0.25) is 19.8 Å². The highest BCUT2D eigenvalue weighted by atomic mass is 35.5. The van der Waals surface area contributed by atoms with Gasteiger partial charge in [0.05, 0.1) is 21.8 Å². The Morgan fingerprint density at radius 1 is 1.00 bits per heavy atom. The molecular weight excluding hydrogens is 484 g/mol. The van der Waals surface area contributed by atoms with Crippen LogP contribution >= 0.6 is 23.8 Å². The molecule has 3 N–H and O–H groups in total. The predicted octanol–water partition coefficient (Wildman–Crippen LogP) is 3.83. The number of thiocarbonyl (C=S) groups is 1. The SMILES string of the molecule is O=C1NC(=S)N(c2cccc(C(=O)O)c2)C(=O)/C1=C/c1ccc(-c2cc(C(=O)O)ccc2Cl)o1. The fraction of sp³-hybridized carbons (Fsp3) is 0. The number of amides is 2. The Kier molecular flexibility index (Phi) is 6.01. The lowest BCUT2D eigenvalue weighted by Crippen LogP contribution is -2.54. The Labute approximate surface area is 201 Å². The molecule has 3 aromatic rings. The summed E-state index contributed by atoms with van der Waals surface area (Å²) >= 11 is 11.3. The molecule has 0 unspecified atom stereocenters. The minimum absolute atomic E-state index is 0.00489. The zero-order valence-corrected chi connectivity index (χ0v) is 18.5. The van der Waals surface area contributed by atoms with Gasteiger partial charge in [-0.25, -0.2) is 9.59 Å². The number of anilines is 1. The van der Waals surface area contributed by atoms with Gasteiger partial charge in [0.1, 0.15) is 17.1 Å². The van der Waals surface area contributed by atoms with Crippen LogP contribution in [-0.4, -0.2) is 39.1 Å². The Balaban J connectivity index is 1.70. The third kappa shape index (κ3) is 4.32. The lowest BCUT2D eigenvalue weighted by molar-refractivity contribution is -0.122. The zero-order valence-electron chi connectivity index (χ0n) is 16.9. The van der Waals surface area contributed by atoms with Crippen molar-refractivity contribution in [2.75, 3.05) is 4.90 Å². The Hall–Kier alpha value is -4.28. The summed E-state index contributed by atoms with van der Waals surface area (Å²) in [6.45, 7) is 0. The molecule has 1 aliphatic heterocycles. The average Bonchev–Trinajstić information content (AvgIpc) is 3.25. The Morgan fingerprint density at radius 2 is 1.71 bits per heavy atom. The first-order chi connectivity index (χ1) is 16.2. The summed E-state index contributed by atoms with van der Waals surface area (Å²) < 4.78 is 5.69. The summed E-state index contributed by atoms with van der Waals surface area (Å²) in [5.41, 5.74) is 0.120. The summed E-state index contributed by atoms with van der Waals surface area (Å²) in [6, 6.07) is 12.6. The molecule has 0 spiro atoms. The van der Waals surface area contributed by atoms with Gasteiger partial charge in [0, 0.05) is 5.56 Å². The van der Waals surface area contributed by atoms with Gasteiger partial charge in [0.2, 0.25) is 0 Å². The standard InChI is InChI=1S/C23H13ClN2O7S/c24-17-6-4-12(22(31)32)9-15(17)18-7-5-14(33-18)10-16-19(27)25-23(34)26(20(16)28)13-3-1-2-11(8-13)21(29)30/h1-10H,(H,29,30)(H,31,32)(H,25,27,34)/b16-10+. The van der Waals surface area contributed by atoms with Crippen molar-refractivity contribution in [2.24, 2.45) is 0 Å². The number of nitrogens with zero attached hydrogens (tertiary/aromatic N) is 1. The molecule has 1 aromatic heterocycles. The van der Waals surface area contributed by atoms with E-state index < -0.39 is 23.8 Å². The molecular formula is C23H13ClN2O7S. The second-order valence-corrected chi connectivity index (χ2v) is 7.81. The minimum Gasteiger partial charge on any atom is -0.478 e. The van der Waals surface area contributed by atoms with E-state index in [-0.39, 0.29) is 44.0 Å². The number of carbonyl (C=O) groups excluding carboxylic acids is 2. The molecule has 0 atom stereocenters. The van der Waals surface area contributed by atoms with Crippen LogP contribution in [0.15, 0.2) is 64.6 Å². The number of carboxylic acid groups (broad SMARTS) is 2. The average molecular weight is 497 g/mol. The summed E-state index contributed by atoms with van der Waals surface area (Å²) in [7, 11) is 0. The van der Waals surface area contributed by atoms with Crippen molar-refractivity contribution in [2.45, 2.75) is 0 Å². The van der Waals surface area contributed by atoms with Gasteiger partial charge in [-0.05, 0) is 66.8 Å². The number of halogens is 1. The molecule has 34 heavy (non-hydrogen) atoms. The monoisotopic (exact) mass is 496 g/mol. The van der Waals surface area contributed by atoms with E-state index in [4.69, 9.17) is 28.2 Å². The van der Waals surface area contributed by atoms with Crippen molar-refractivity contribution < 1.29 is 33.8 Å². The van der Waals surface area contributed by atoms with Crippen LogP contribution in [0.3, 0.4) is 0 Å². The second-order valence-electron chi connectivity index (χ2n) is 7.02. The maximum Gasteiger partial charge on any atom is 0.335 e. The van der Waals surface area contributed by atoms with Crippen molar-refractivity contribution in [1.82, 2.24) is 5.32 Å². The molecule has 0 radical (unpaired) electrons. The van der Waals surface area contributed by atoms with Gasteiger partial charge in [-0.15, -0.1) is 0 Å². The van der Waals surface area contributed by atoms with Crippen LogP contribution in [0.2, 0.25) is 5.02 Å². The van der Waals surface area contributed by atoms with E-state index in [1.807, 2.05) is 0 Å². The largest absolute Gasteiger partial charge is 0.478 e. The quantitative estimate of drug-likeness (QED) is 0.275. The number of furan rings is 1. The Morgan fingerprint density at radius 3 is 2.41 bits per heavy atom. The number of hydrogen-bond donors (Lipinski definition) is 3. The van der Waals surface area contributed by atoms with E-state index in [0.717, 1.165) is 4.90 Å². The first kappa shape index (κ1) is 22.9. The molecule has 0 aliphatic carbocycles. The number of nitrogens with one attached hydrogen (secondary N) is 1. The van der Waals surface area contributed by atoms with Gasteiger partial charge < -0.3 is 14.6 Å². The first-order valence-electron chi connectivity index (χ1n) is 9.53. The van der Waals surface area contributed by atoms with Crippen molar-refractivity contribution in [3.63, 3.8) is 0 Å². The Bertz CT molecular complexity index is 1430. The molecule has 170 valence electrons. The highest BCUT2D eigenvalue weighted by Gasteiger charge is 2.35. The fourth-order valence-corrected chi connectivity index (χ4v) is 3.73. The van der Waals surface area contributed by atoms with E-state index in [9.17, 15) is 29.4 Å². The fourth-order valence-electron chi connectivity index (χ4n) is 3.23. The van der Waals surface area contributed by atoms with Crippen molar-refractivity contribution in [3.05, 3.63) is 82.1 Å². The number of carboxylic acids is 2. The van der Waals surface area contributed by atoms with Crippen LogP contribution in [0.1, 0.15) is 26.5 Å². The summed E-state index contributed by atoms with van der Waals surface area (Å²) in [5, 5.41) is 20.9. The van der Waals surface area contributed by atoms with E-state index >= 15 is 0 Å². The molecule has 1 fully saturated rings. The lowest BCUT2D eigenvalue weighted by atomic mass is 10.1. The van der Waals surface area contributed by atoms with Crippen LogP contribution in [-0.2, 0) is 9.59 Å². The van der Waals surface area contributed by atoms with Crippen LogP contribution in [0.5, 0.6) is 0 Å². The van der Waals surface area contributed by atoms with Gasteiger partial charge in [-0.2, -0.15) is 0 Å². The summed E-state index contributed by atoms with van der Waals surface area (Å²) in [6.07, 6.45) is 1.20. The molecule has 2 heterocycles. The van der Waals surface area contributed by atoms with Crippen LogP contribution in [0.25, 0.3) is 17.4 Å². The highest BCUT2D eigenvalue weighted by Crippen LogP contribution is 2.31. The summed E-state index contributed by atoms with van der Waals surface area (Å²) in [4.78, 5) is 49.2. The minimum atomic E-state index is -1.19. The van der Waals surface area contributed by atoms with Gasteiger partial charge in [0.15, 0.2) is 5.11 Å². The number of hydrogen-bond acceptors (Lipinski definition) is 6. The van der Waals surface area contributed by atoms with E-state index in [1.165, 1.54) is 60.7 Å². The number of benzene rings is 2. The van der Waals surface area contributed by atoms with Gasteiger partial charge in [-0.1, -0.05) is 17.7 Å². The topological polar surface area (TPSA) is 137 Å². The molecule has 2 aromatic carbocycles. The molecule has 0 saturated carbocycles. The van der Waals surface area contributed by atoms with Crippen LogP contribution in [0, 0.1) is 0 Å². The van der Waals surface area contributed by atoms with Crippen LogP contribution < -0.4 is 10.2 Å². The van der Waals surface area contributed by atoms with E-state index in [1.54, 1.807) is 0 Å². The molecule has 2 amide bonds. The molecule has 1 aliphatic rings. The third-order valence-electron chi connectivity index (χ3n) is 4.85. The first-order valence-corrected chi connectivity index (χ1v) is 10.3. The normalized spacial score (nSPS) is 14.9. The molecule has 4 rings (SSSR count). The maximum absolute atomic E-state index is 13.1.